The maximum absolute atomic E-state index is 13.0. The quantitative estimate of drug-likeness (QED) is 0.433. The molecule has 0 bridgehead atoms. The minimum Gasteiger partial charge on any atom is -0.497 e. The molecule has 186 valence electrons. The highest BCUT2D eigenvalue weighted by molar-refractivity contribution is 5.92. The summed E-state index contributed by atoms with van der Waals surface area (Å²) in [6.07, 6.45) is 1.53. The van der Waals surface area contributed by atoms with E-state index in [0.29, 0.717) is 0 Å². The van der Waals surface area contributed by atoms with E-state index >= 15 is 0 Å². The van der Waals surface area contributed by atoms with Crippen LogP contribution in [0.25, 0.3) is 16.6 Å². The third-order valence-corrected chi connectivity index (χ3v) is 7.13. The van der Waals surface area contributed by atoms with Gasteiger partial charge in [-0.05, 0) is 63.4 Å². The van der Waals surface area contributed by atoms with Crippen molar-refractivity contribution >= 4 is 22.6 Å². The van der Waals surface area contributed by atoms with Crippen molar-refractivity contribution in [3.05, 3.63) is 71.5 Å². The number of benzene rings is 2. The number of aromatic nitrogens is 4. The predicted octanol–water partition coefficient (Wildman–Crippen LogP) is 4.53. The van der Waals surface area contributed by atoms with Crippen molar-refractivity contribution in [2.75, 3.05) is 25.1 Å². The average molecular weight is 485 g/mol. The number of piperidine rings is 1. The molecular weight excluding hydrogens is 452 g/mol. The molecule has 1 atom stereocenters. The van der Waals surface area contributed by atoms with E-state index in [2.05, 4.69) is 27.3 Å². The molecule has 0 aliphatic carbocycles. The minimum absolute atomic E-state index is 0.00999. The molecule has 1 aliphatic heterocycles. The number of hydrogen-bond acceptors (Lipinski definition) is 6. The predicted molar refractivity (Wildman–Crippen MR) is 141 cm³/mol. The highest BCUT2D eigenvalue weighted by Crippen LogP contribution is 2.32. The van der Waals surface area contributed by atoms with E-state index in [1.807, 2.05) is 73.1 Å². The zero-order chi connectivity index (χ0) is 25.2. The Labute approximate surface area is 211 Å². The summed E-state index contributed by atoms with van der Waals surface area (Å²) in [7, 11) is 1.66. The first-order valence-electron chi connectivity index (χ1n) is 12.4. The molecule has 0 unspecified atom stereocenters. The summed E-state index contributed by atoms with van der Waals surface area (Å²) >= 11 is 0. The summed E-state index contributed by atoms with van der Waals surface area (Å²) in [4.78, 5) is 15.2. The number of aryl methyl sites for hydroxylation is 2. The first-order valence-corrected chi connectivity index (χ1v) is 12.4. The van der Waals surface area contributed by atoms with Crippen LogP contribution in [0.3, 0.4) is 0 Å². The third-order valence-electron chi connectivity index (χ3n) is 7.13. The van der Waals surface area contributed by atoms with Crippen molar-refractivity contribution in [1.29, 1.82) is 0 Å². The number of nitrogens with one attached hydrogen (secondary N) is 1. The van der Waals surface area contributed by atoms with E-state index in [1.165, 1.54) is 0 Å². The van der Waals surface area contributed by atoms with Crippen molar-refractivity contribution < 1.29 is 9.53 Å². The Morgan fingerprint density at radius 2 is 1.72 bits per heavy atom. The van der Waals surface area contributed by atoms with Gasteiger partial charge in [0.05, 0.1) is 35.6 Å². The number of anilines is 1. The second-order valence-corrected chi connectivity index (χ2v) is 9.43. The molecule has 1 saturated heterocycles. The van der Waals surface area contributed by atoms with Gasteiger partial charge in [0.25, 0.3) is 0 Å². The maximum atomic E-state index is 13.0. The lowest BCUT2D eigenvalue weighted by Gasteiger charge is -2.32. The van der Waals surface area contributed by atoms with E-state index < -0.39 is 0 Å². The molecule has 36 heavy (non-hydrogen) atoms. The summed E-state index contributed by atoms with van der Waals surface area (Å²) < 4.78 is 7.24. The van der Waals surface area contributed by atoms with Gasteiger partial charge in [-0.15, -0.1) is 5.10 Å². The molecule has 0 spiro atoms. The Balaban J connectivity index is 1.33. The number of methoxy groups -OCH3 is 1. The Kier molecular flexibility index (Phi) is 6.59. The van der Waals surface area contributed by atoms with Gasteiger partial charge in [0.1, 0.15) is 11.3 Å². The van der Waals surface area contributed by atoms with Gasteiger partial charge < -0.3 is 15.0 Å². The van der Waals surface area contributed by atoms with Crippen LogP contribution < -0.4 is 15.0 Å². The van der Waals surface area contributed by atoms with Crippen molar-refractivity contribution in [1.82, 2.24) is 25.3 Å². The number of hydrogen-bond donors (Lipinski definition) is 1. The third kappa shape index (κ3) is 4.51. The van der Waals surface area contributed by atoms with Crippen molar-refractivity contribution in [3.63, 3.8) is 0 Å². The van der Waals surface area contributed by atoms with E-state index in [4.69, 9.17) is 9.84 Å². The molecule has 2 aromatic heterocycles. The van der Waals surface area contributed by atoms with Crippen molar-refractivity contribution in [3.8, 4) is 11.4 Å². The van der Waals surface area contributed by atoms with Gasteiger partial charge in [0, 0.05) is 19.0 Å². The van der Waals surface area contributed by atoms with Crippen LogP contribution in [0, 0.1) is 19.8 Å². The lowest BCUT2D eigenvalue weighted by Crippen LogP contribution is -2.41. The second-order valence-electron chi connectivity index (χ2n) is 9.43. The topological polar surface area (TPSA) is 85.2 Å². The van der Waals surface area contributed by atoms with Gasteiger partial charge in [-0.3, -0.25) is 4.79 Å². The molecule has 5 rings (SSSR count). The fraction of sp³-hybridized carbons (Fsp3) is 0.357. The fourth-order valence-electron chi connectivity index (χ4n) is 5.01. The van der Waals surface area contributed by atoms with Crippen LogP contribution in [-0.2, 0) is 4.79 Å². The van der Waals surface area contributed by atoms with Gasteiger partial charge in [0.2, 0.25) is 5.91 Å². The summed E-state index contributed by atoms with van der Waals surface area (Å²) in [6, 6.07) is 17.9. The minimum atomic E-state index is -0.0140. The zero-order valence-electron chi connectivity index (χ0n) is 21.2. The molecular formula is C28H32N6O2. The summed E-state index contributed by atoms with van der Waals surface area (Å²) in [5.74, 6) is 1.69. The van der Waals surface area contributed by atoms with Crippen LogP contribution in [0.2, 0.25) is 0 Å². The van der Waals surface area contributed by atoms with Gasteiger partial charge >= 0.3 is 0 Å². The Bertz CT molecular complexity index is 1360. The second kappa shape index (κ2) is 9.97. The molecule has 1 N–H and O–H groups in total. The summed E-state index contributed by atoms with van der Waals surface area (Å²) in [5.41, 5.74) is 4.79. The SMILES string of the molecule is COc1ccc(-n2nc3c(N4CCC(C(=O)N[C@@H](C)c5ccccc5)CC4)nnc(C)c3c2C)cc1. The number of ether oxygens (including phenoxy) is 1. The van der Waals surface area contributed by atoms with Crippen LogP contribution in [0.15, 0.2) is 54.6 Å². The van der Waals surface area contributed by atoms with Gasteiger partial charge in [-0.1, -0.05) is 30.3 Å². The number of rotatable bonds is 6. The molecule has 1 fully saturated rings. The van der Waals surface area contributed by atoms with Crippen LogP contribution in [-0.4, -0.2) is 46.1 Å². The first-order chi connectivity index (χ1) is 17.5. The highest BCUT2D eigenvalue weighted by Gasteiger charge is 2.29. The van der Waals surface area contributed by atoms with Crippen LogP contribution in [0.4, 0.5) is 5.82 Å². The number of nitrogens with zero attached hydrogens (tertiary/aromatic N) is 5. The van der Waals surface area contributed by atoms with E-state index in [-0.39, 0.29) is 17.9 Å². The van der Waals surface area contributed by atoms with Gasteiger partial charge in [-0.2, -0.15) is 10.2 Å². The lowest BCUT2D eigenvalue weighted by atomic mass is 9.95. The standard InChI is InChI=1S/C28H32N6O2/c1-18(21-8-6-5-7-9-21)29-28(35)22-14-16-33(17-15-22)27-26-25(19(2)30-31-27)20(3)34(32-26)23-10-12-24(36-4)13-11-23/h5-13,18,22H,14-17H2,1-4H3,(H,29,35)/t18-/m0/s1. The Morgan fingerprint density at radius 1 is 1.03 bits per heavy atom. The Hall–Kier alpha value is -3.94. The van der Waals surface area contributed by atoms with Crippen molar-refractivity contribution in [2.45, 2.75) is 39.7 Å². The molecule has 3 heterocycles. The Morgan fingerprint density at radius 3 is 2.39 bits per heavy atom. The summed E-state index contributed by atoms with van der Waals surface area (Å²) in [5, 5.41) is 18.2. The largest absolute Gasteiger partial charge is 0.497 e. The lowest BCUT2D eigenvalue weighted by molar-refractivity contribution is -0.126. The number of amides is 1. The highest BCUT2D eigenvalue weighted by atomic mass is 16.5. The average Bonchev–Trinajstić information content (AvgIpc) is 3.27. The fourth-order valence-corrected chi connectivity index (χ4v) is 5.01. The monoisotopic (exact) mass is 484 g/mol. The number of fused-ring (bicyclic) bond motifs is 1. The first kappa shape index (κ1) is 23.8. The smallest absolute Gasteiger partial charge is 0.223 e. The normalized spacial score (nSPS) is 15.2. The molecule has 2 aromatic carbocycles. The molecule has 1 amide bonds. The number of carbonyl (C=O) groups excluding carboxylic acids is 1. The number of carbonyl (C=O) groups is 1. The molecule has 8 heteroatoms. The molecule has 0 saturated carbocycles. The van der Waals surface area contributed by atoms with Gasteiger partial charge in [0.15, 0.2) is 5.82 Å². The molecule has 4 aromatic rings. The molecule has 0 radical (unpaired) electrons. The van der Waals surface area contributed by atoms with E-state index in [0.717, 1.165) is 71.0 Å². The van der Waals surface area contributed by atoms with Crippen molar-refractivity contribution in [2.24, 2.45) is 5.92 Å². The molecule has 1 aliphatic rings. The summed E-state index contributed by atoms with van der Waals surface area (Å²) in [6.45, 7) is 7.53. The van der Waals surface area contributed by atoms with Crippen LogP contribution >= 0.6 is 0 Å². The van der Waals surface area contributed by atoms with Crippen LogP contribution in [0.5, 0.6) is 5.75 Å². The van der Waals surface area contributed by atoms with E-state index in [1.54, 1.807) is 7.11 Å². The molecule has 8 nitrogen and oxygen atoms in total. The van der Waals surface area contributed by atoms with Gasteiger partial charge in [-0.25, -0.2) is 4.68 Å². The van der Waals surface area contributed by atoms with E-state index in [9.17, 15) is 4.79 Å². The zero-order valence-corrected chi connectivity index (χ0v) is 21.2. The van der Waals surface area contributed by atoms with Crippen LogP contribution in [0.1, 0.15) is 42.8 Å². The maximum Gasteiger partial charge on any atom is 0.223 e.